The number of benzene rings is 2. The second-order valence-corrected chi connectivity index (χ2v) is 8.53. The van der Waals surface area contributed by atoms with Gasteiger partial charge < -0.3 is 20.1 Å². The molecule has 172 valence electrons. The molecule has 1 heterocycles. The highest BCUT2D eigenvalue weighted by Gasteiger charge is 2.44. The number of morpholine rings is 1. The van der Waals surface area contributed by atoms with Crippen LogP contribution in [-0.4, -0.2) is 64.4 Å². The first-order chi connectivity index (χ1) is 15.6. The van der Waals surface area contributed by atoms with E-state index in [4.69, 9.17) is 9.47 Å². The van der Waals surface area contributed by atoms with Crippen LogP contribution in [0, 0.1) is 5.82 Å². The smallest absolute Gasteiger partial charge is 0.191 e. The summed E-state index contributed by atoms with van der Waals surface area (Å²) < 4.78 is 24.2. The van der Waals surface area contributed by atoms with Crippen LogP contribution in [0.15, 0.2) is 53.5 Å². The van der Waals surface area contributed by atoms with Crippen molar-refractivity contribution in [1.29, 1.82) is 0 Å². The lowest BCUT2D eigenvalue weighted by Gasteiger charge is -2.35. The van der Waals surface area contributed by atoms with Crippen LogP contribution in [0.2, 0.25) is 0 Å². The summed E-state index contributed by atoms with van der Waals surface area (Å²) in [6.07, 6.45) is 2.20. The van der Waals surface area contributed by atoms with Crippen LogP contribution >= 0.6 is 0 Å². The minimum atomic E-state index is -0.192. The summed E-state index contributed by atoms with van der Waals surface area (Å²) in [5, 5.41) is 7.02. The van der Waals surface area contributed by atoms with E-state index in [2.05, 4.69) is 32.7 Å². The molecular weight excluding hydrogens is 407 g/mol. The van der Waals surface area contributed by atoms with Gasteiger partial charge in [0.1, 0.15) is 11.6 Å². The zero-order valence-electron chi connectivity index (χ0n) is 18.9. The minimum absolute atomic E-state index is 0.0743. The topological polar surface area (TPSA) is 58.1 Å². The summed E-state index contributed by atoms with van der Waals surface area (Å²) >= 11 is 0. The summed E-state index contributed by atoms with van der Waals surface area (Å²) in [4.78, 5) is 6.89. The average molecular weight is 441 g/mol. The molecule has 1 saturated heterocycles. The number of rotatable bonds is 8. The predicted octanol–water partition coefficient (Wildman–Crippen LogP) is 3.10. The summed E-state index contributed by atoms with van der Waals surface area (Å²) in [6.45, 7) is 4.81. The molecule has 0 aromatic heterocycles. The van der Waals surface area contributed by atoms with Crippen LogP contribution in [0.3, 0.4) is 0 Å². The highest BCUT2D eigenvalue weighted by molar-refractivity contribution is 5.79. The Balaban J connectivity index is 1.39. The van der Waals surface area contributed by atoms with E-state index in [1.165, 1.54) is 11.1 Å². The molecular formula is C25H33FN4O2. The molecule has 2 aliphatic rings. The molecule has 0 radical (unpaired) electrons. The van der Waals surface area contributed by atoms with Crippen molar-refractivity contribution in [1.82, 2.24) is 15.5 Å². The van der Waals surface area contributed by atoms with Crippen molar-refractivity contribution >= 4 is 5.96 Å². The molecule has 32 heavy (non-hydrogen) atoms. The van der Waals surface area contributed by atoms with Crippen molar-refractivity contribution in [2.75, 3.05) is 53.6 Å². The lowest BCUT2D eigenvalue weighted by molar-refractivity contribution is 0.0170. The molecule has 2 aromatic rings. The van der Waals surface area contributed by atoms with Gasteiger partial charge in [0, 0.05) is 38.6 Å². The number of aliphatic imine (C=N–C) groups is 1. The summed E-state index contributed by atoms with van der Waals surface area (Å²) in [5.74, 6) is 1.45. The Morgan fingerprint density at radius 3 is 2.38 bits per heavy atom. The van der Waals surface area contributed by atoms with Crippen LogP contribution in [0.5, 0.6) is 5.75 Å². The molecule has 6 nitrogen and oxygen atoms in total. The molecule has 2 aromatic carbocycles. The van der Waals surface area contributed by atoms with Crippen molar-refractivity contribution < 1.29 is 13.9 Å². The van der Waals surface area contributed by atoms with E-state index in [0.717, 1.165) is 63.9 Å². The van der Waals surface area contributed by atoms with Crippen molar-refractivity contribution in [2.45, 2.75) is 24.3 Å². The lowest BCUT2D eigenvalue weighted by atomic mass is 9.96. The maximum atomic E-state index is 13.3. The standard InChI is InChI=1S/C25H33FN4O2/c1-27-24(29-18-25(11-12-25)20-5-7-21(26)8-6-20)28-17-23(30-13-15-32-16-14-30)19-3-9-22(31-2)10-4-19/h3-10,23H,11-18H2,1-2H3,(H2,27,28,29). The fraction of sp³-hybridized carbons (Fsp3) is 0.480. The number of guanidine groups is 1. The molecule has 1 unspecified atom stereocenters. The number of halogens is 1. The van der Waals surface area contributed by atoms with E-state index in [9.17, 15) is 4.39 Å². The van der Waals surface area contributed by atoms with Gasteiger partial charge in [0.05, 0.1) is 26.4 Å². The second-order valence-electron chi connectivity index (χ2n) is 8.53. The van der Waals surface area contributed by atoms with Crippen molar-refractivity contribution in [3.63, 3.8) is 0 Å². The fourth-order valence-electron chi connectivity index (χ4n) is 4.36. The lowest BCUT2D eigenvalue weighted by Crippen LogP contribution is -2.47. The molecule has 1 aliphatic heterocycles. The van der Waals surface area contributed by atoms with Crippen LogP contribution < -0.4 is 15.4 Å². The van der Waals surface area contributed by atoms with E-state index in [0.29, 0.717) is 0 Å². The number of hydrogen-bond acceptors (Lipinski definition) is 4. The van der Waals surface area contributed by atoms with Gasteiger partial charge in [-0.2, -0.15) is 0 Å². The Labute approximate surface area is 189 Å². The summed E-state index contributed by atoms with van der Waals surface area (Å²) in [7, 11) is 3.48. The Morgan fingerprint density at radius 2 is 1.78 bits per heavy atom. The van der Waals surface area contributed by atoms with Gasteiger partial charge in [0.15, 0.2) is 5.96 Å². The average Bonchev–Trinajstić information content (AvgIpc) is 3.63. The van der Waals surface area contributed by atoms with Gasteiger partial charge in [0.2, 0.25) is 0 Å². The quantitative estimate of drug-likeness (QED) is 0.488. The first-order valence-electron chi connectivity index (χ1n) is 11.3. The summed E-state index contributed by atoms with van der Waals surface area (Å²) in [6, 6.07) is 15.4. The second kappa shape index (κ2) is 10.3. The maximum Gasteiger partial charge on any atom is 0.191 e. The Kier molecular flexibility index (Phi) is 7.27. The largest absolute Gasteiger partial charge is 0.497 e. The number of nitrogens with one attached hydrogen (secondary N) is 2. The van der Waals surface area contributed by atoms with E-state index in [1.54, 1.807) is 26.3 Å². The van der Waals surface area contributed by atoms with Gasteiger partial charge in [-0.25, -0.2) is 4.39 Å². The Morgan fingerprint density at radius 1 is 1.09 bits per heavy atom. The molecule has 2 fully saturated rings. The van der Waals surface area contributed by atoms with Gasteiger partial charge in [-0.05, 0) is 48.2 Å². The number of hydrogen-bond donors (Lipinski definition) is 2. The highest BCUT2D eigenvalue weighted by atomic mass is 19.1. The molecule has 1 aliphatic carbocycles. The van der Waals surface area contributed by atoms with E-state index < -0.39 is 0 Å². The Bertz CT molecular complexity index is 891. The van der Waals surface area contributed by atoms with Gasteiger partial charge in [0.25, 0.3) is 0 Å². The van der Waals surface area contributed by atoms with E-state index >= 15 is 0 Å². The molecule has 0 amide bonds. The van der Waals surface area contributed by atoms with Crippen LogP contribution in [-0.2, 0) is 10.2 Å². The zero-order valence-corrected chi connectivity index (χ0v) is 18.9. The van der Waals surface area contributed by atoms with Gasteiger partial charge in [-0.15, -0.1) is 0 Å². The first-order valence-corrected chi connectivity index (χ1v) is 11.3. The maximum absolute atomic E-state index is 13.3. The van der Waals surface area contributed by atoms with Gasteiger partial charge in [-0.1, -0.05) is 24.3 Å². The van der Waals surface area contributed by atoms with Crippen molar-refractivity contribution in [2.24, 2.45) is 4.99 Å². The molecule has 4 rings (SSSR count). The molecule has 2 N–H and O–H groups in total. The number of methoxy groups -OCH3 is 1. The predicted molar refractivity (Wildman–Crippen MR) is 125 cm³/mol. The SMILES string of the molecule is CN=C(NCC(c1ccc(OC)cc1)N1CCOCC1)NCC1(c2ccc(F)cc2)CC1. The Hall–Kier alpha value is -2.64. The molecule has 1 atom stereocenters. The number of ether oxygens (including phenoxy) is 2. The molecule has 0 bridgehead atoms. The normalized spacial score (nSPS) is 19.3. The number of nitrogens with zero attached hydrogens (tertiary/aromatic N) is 2. The third kappa shape index (κ3) is 5.40. The third-order valence-corrected chi connectivity index (χ3v) is 6.58. The highest BCUT2D eigenvalue weighted by Crippen LogP contribution is 2.47. The molecule has 7 heteroatoms. The van der Waals surface area contributed by atoms with Gasteiger partial charge >= 0.3 is 0 Å². The molecule has 0 spiro atoms. The minimum Gasteiger partial charge on any atom is -0.497 e. The zero-order chi connectivity index (χ0) is 22.4. The van der Waals surface area contributed by atoms with Crippen LogP contribution in [0.25, 0.3) is 0 Å². The monoisotopic (exact) mass is 440 g/mol. The van der Waals surface area contributed by atoms with Crippen molar-refractivity contribution in [3.8, 4) is 5.75 Å². The fourth-order valence-corrected chi connectivity index (χ4v) is 4.36. The van der Waals surface area contributed by atoms with E-state index in [1.807, 2.05) is 24.3 Å². The van der Waals surface area contributed by atoms with Crippen LogP contribution in [0.1, 0.15) is 30.0 Å². The summed E-state index contributed by atoms with van der Waals surface area (Å²) in [5.41, 5.74) is 2.50. The molecule has 1 saturated carbocycles. The van der Waals surface area contributed by atoms with Gasteiger partial charge in [-0.3, -0.25) is 9.89 Å². The first kappa shape index (κ1) is 22.6. The van der Waals surface area contributed by atoms with Crippen molar-refractivity contribution in [3.05, 3.63) is 65.5 Å². The third-order valence-electron chi connectivity index (χ3n) is 6.58. The van der Waals surface area contributed by atoms with E-state index in [-0.39, 0.29) is 17.3 Å². The van der Waals surface area contributed by atoms with Crippen LogP contribution in [0.4, 0.5) is 4.39 Å².